The summed E-state index contributed by atoms with van der Waals surface area (Å²) in [6.45, 7) is 2.00. The Kier molecular flexibility index (Phi) is 4.08. The minimum absolute atomic E-state index is 0.179. The highest BCUT2D eigenvalue weighted by molar-refractivity contribution is 9.10. The van der Waals surface area contributed by atoms with E-state index in [-0.39, 0.29) is 5.82 Å². The molecule has 0 aromatic heterocycles. The fourth-order valence-electron chi connectivity index (χ4n) is 2.80. The minimum Gasteiger partial charge on any atom is -0.489 e. The summed E-state index contributed by atoms with van der Waals surface area (Å²) in [4.78, 5) is 0. The summed E-state index contributed by atoms with van der Waals surface area (Å²) in [6, 6.07) is 3.17. The van der Waals surface area contributed by atoms with Crippen LogP contribution in [0.5, 0.6) is 5.75 Å². The van der Waals surface area contributed by atoms with E-state index < -0.39 is 0 Å². The average Bonchev–Trinajstić information content (AvgIpc) is 2.36. The summed E-state index contributed by atoms with van der Waals surface area (Å²) in [5.74, 6) is 1.10. The van der Waals surface area contributed by atoms with Crippen molar-refractivity contribution in [3.05, 3.63) is 28.0 Å². The molecule has 1 aliphatic heterocycles. The van der Waals surface area contributed by atoms with Gasteiger partial charge in [0, 0.05) is 5.56 Å². The second-order valence-corrected chi connectivity index (χ2v) is 6.36. The minimum atomic E-state index is -0.179. The molecule has 0 amide bonds. The van der Waals surface area contributed by atoms with Gasteiger partial charge in [-0.1, -0.05) is 0 Å². The Morgan fingerprint density at radius 1 is 1.16 bits per heavy atom. The fourth-order valence-corrected chi connectivity index (χ4v) is 3.34. The van der Waals surface area contributed by atoms with Crippen LogP contribution in [-0.4, -0.2) is 19.2 Å². The van der Waals surface area contributed by atoms with Crippen LogP contribution in [0.25, 0.3) is 0 Å². The summed E-state index contributed by atoms with van der Waals surface area (Å²) in [5.41, 5.74) is 1.04. The van der Waals surface area contributed by atoms with Crippen molar-refractivity contribution >= 4 is 15.9 Å². The van der Waals surface area contributed by atoms with Crippen molar-refractivity contribution in [2.24, 2.45) is 0 Å². The van der Waals surface area contributed by atoms with Crippen molar-refractivity contribution in [2.45, 2.75) is 44.1 Å². The van der Waals surface area contributed by atoms with E-state index in [9.17, 15) is 4.39 Å². The van der Waals surface area contributed by atoms with E-state index in [1.807, 2.05) is 0 Å². The van der Waals surface area contributed by atoms with Crippen molar-refractivity contribution in [3.63, 3.8) is 0 Å². The first-order valence-electron chi connectivity index (χ1n) is 7.10. The maximum atomic E-state index is 13.7. The predicted molar refractivity (Wildman–Crippen MR) is 77.2 cm³/mol. The number of hydrogen-bond acceptors (Lipinski definition) is 2. The predicted octanol–water partition coefficient (Wildman–Crippen LogP) is 3.99. The van der Waals surface area contributed by atoms with Crippen LogP contribution in [0.15, 0.2) is 16.6 Å². The van der Waals surface area contributed by atoms with Gasteiger partial charge in [-0.3, -0.25) is 0 Å². The van der Waals surface area contributed by atoms with Gasteiger partial charge in [-0.25, -0.2) is 4.39 Å². The Balaban J connectivity index is 1.89. The van der Waals surface area contributed by atoms with E-state index in [4.69, 9.17) is 4.74 Å². The normalized spacial score (nSPS) is 21.2. The molecule has 0 radical (unpaired) electrons. The fraction of sp³-hybridized carbons (Fsp3) is 0.600. The maximum Gasteiger partial charge on any atom is 0.137 e. The van der Waals surface area contributed by atoms with Gasteiger partial charge >= 0.3 is 0 Å². The molecule has 0 atom stereocenters. The van der Waals surface area contributed by atoms with Gasteiger partial charge in [0.15, 0.2) is 0 Å². The van der Waals surface area contributed by atoms with Gasteiger partial charge in [0.1, 0.15) is 11.6 Å². The van der Waals surface area contributed by atoms with Crippen molar-refractivity contribution < 1.29 is 9.13 Å². The Morgan fingerprint density at radius 2 is 1.89 bits per heavy atom. The molecule has 1 saturated carbocycles. The third kappa shape index (κ3) is 2.95. The maximum absolute atomic E-state index is 13.7. The Morgan fingerprint density at radius 3 is 2.53 bits per heavy atom. The van der Waals surface area contributed by atoms with Crippen molar-refractivity contribution in [1.82, 2.24) is 5.32 Å². The SMILES string of the molecule is Fc1cc(Br)c(OC2CCC2)c(C2CCNCC2)c1. The topological polar surface area (TPSA) is 21.3 Å². The van der Waals surface area contributed by atoms with Crippen molar-refractivity contribution in [3.8, 4) is 5.75 Å². The number of benzene rings is 1. The molecule has 104 valence electrons. The second kappa shape index (κ2) is 5.80. The van der Waals surface area contributed by atoms with Crippen molar-refractivity contribution in [1.29, 1.82) is 0 Å². The smallest absolute Gasteiger partial charge is 0.137 e. The lowest BCUT2D eigenvalue weighted by atomic mass is 9.89. The molecule has 1 N–H and O–H groups in total. The Bertz CT molecular complexity index is 456. The molecule has 19 heavy (non-hydrogen) atoms. The number of halogens is 2. The van der Waals surface area contributed by atoms with Crippen LogP contribution in [0.2, 0.25) is 0 Å². The molecule has 1 aromatic rings. The van der Waals surface area contributed by atoms with Crippen molar-refractivity contribution in [2.75, 3.05) is 13.1 Å². The molecule has 4 heteroatoms. The Hall–Kier alpha value is -0.610. The largest absolute Gasteiger partial charge is 0.489 e. The van der Waals surface area contributed by atoms with E-state index in [0.717, 1.165) is 54.6 Å². The lowest BCUT2D eigenvalue weighted by molar-refractivity contribution is 0.117. The van der Waals surface area contributed by atoms with Crippen LogP contribution in [0.3, 0.4) is 0 Å². The van der Waals surface area contributed by atoms with E-state index in [2.05, 4.69) is 21.2 Å². The number of piperidine rings is 1. The van der Waals surface area contributed by atoms with Crippen LogP contribution in [0, 0.1) is 5.82 Å². The molecular weight excluding hydrogens is 309 g/mol. The molecule has 3 rings (SSSR count). The molecule has 1 saturated heterocycles. The van der Waals surface area contributed by atoms with E-state index >= 15 is 0 Å². The summed E-state index contributed by atoms with van der Waals surface area (Å²) in [6.07, 6.45) is 5.91. The first-order chi connectivity index (χ1) is 9.24. The molecule has 0 unspecified atom stereocenters. The summed E-state index contributed by atoms with van der Waals surface area (Å²) < 4.78 is 20.5. The third-order valence-electron chi connectivity index (χ3n) is 4.15. The Labute approximate surface area is 121 Å². The number of rotatable bonds is 3. The quantitative estimate of drug-likeness (QED) is 0.906. The van der Waals surface area contributed by atoms with Gasteiger partial charge in [0.05, 0.1) is 10.6 Å². The summed E-state index contributed by atoms with van der Waals surface area (Å²) >= 11 is 3.47. The second-order valence-electron chi connectivity index (χ2n) is 5.50. The summed E-state index contributed by atoms with van der Waals surface area (Å²) in [5, 5.41) is 3.35. The van der Waals surface area contributed by atoms with Crippen LogP contribution < -0.4 is 10.1 Å². The molecule has 2 aliphatic rings. The van der Waals surface area contributed by atoms with E-state index in [0.29, 0.717) is 12.0 Å². The third-order valence-corrected chi connectivity index (χ3v) is 4.74. The van der Waals surface area contributed by atoms with Gasteiger partial charge in [-0.15, -0.1) is 0 Å². The standard InChI is InChI=1S/C15H19BrFNO/c16-14-9-11(17)8-13(10-4-6-18-7-5-10)15(14)19-12-2-1-3-12/h8-10,12,18H,1-7H2. The molecule has 0 bridgehead atoms. The zero-order valence-electron chi connectivity index (χ0n) is 10.9. The first-order valence-corrected chi connectivity index (χ1v) is 7.89. The first kappa shape index (κ1) is 13.4. The van der Waals surface area contributed by atoms with Gasteiger partial charge < -0.3 is 10.1 Å². The molecule has 1 aliphatic carbocycles. The molecule has 1 heterocycles. The molecule has 2 fully saturated rings. The van der Waals surface area contributed by atoms with Gasteiger partial charge in [-0.2, -0.15) is 0 Å². The molecule has 2 nitrogen and oxygen atoms in total. The molecule has 0 spiro atoms. The molecular formula is C15H19BrFNO. The van der Waals surface area contributed by atoms with Crippen LogP contribution >= 0.6 is 15.9 Å². The van der Waals surface area contributed by atoms with Gasteiger partial charge in [0.2, 0.25) is 0 Å². The molecule has 1 aromatic carbocycles. The summed E-state index contributed by atoms with van der Waals surface area (Å²) in [7, 11) is 0. The van der Waals surface area contributed by atoms with Gasteiger partial charge in [0.25, 0.3) is 0 Å². The highest BCUT2D eigenvalue weighted by Gasteiger charge is 2.26. The number of hydrogen-bond donors (Lipinski definition) is 1. The average molecular weight is 328 g/mol. The lowest BCUT2D eigenvalue weighted by Gasteiger charge is -2.31. The zero-order valence-corrected chi connectivity index (χ0v) is 12.5. The highest BCUT2D eigenvalue weighted by Crippen LogP contribution is 2.40. The monoisotopic (exact) mass is 327 g/mol. The van der Waals surface area contributed by atoms with E-state index in [1.165, 1.54) is 12.5 Å². The number of nitrogens with one attached hydrogen (secondary N) is 1. The number of ether oxygens (including phenoxy) is 1. The highest BCUT2D eigenvalue weighted by atomic mass is 79.9. The van der Waals surface area contributed by atoms with Crippen LogP contribution in [-0.2, 0) is 0 Å². The van der Waals surface area contributed by atoms with Crippen LogP contribution in [0.4, 0.5) is 4.39 Å². The van der Waals surface area contributed by atoms with Gasteiger partial charge in [-0.05, 0) is 79.2 Å². The van der Waals surface area contributed by atoms with E-state index in [1.54, 1.807) is 6.07 Å². The lowest BCUT2D eigenvalue weighted by Crippen LogP contribution is -2.28. The zero-order chi connectivity index (χ0) is 13.2. The van der Waals surface area contributed by atoms with Crippen LogP contribution in [0.1, 0.15) is 43.6 Å².